The van der Waals surface area contributed by atoms with E-state index in [2.05, 4.69) is 23.6 Å². The molecule has 1 heterocycles. The summed E-state index contributed by atoms with van der Waals surface area (Å²) >= 11 is 0. The second-order valence-corrected chi connectivity index (χ2v) is 4.98. The smallest absolute Gasteiger partial charge is 0.261 e. The minimum Gasteiger partial charge on any atom is -0.481 e. The second-order valence-electron chi connectivity index (χ2n) is 4.98. The summed E-state index contributed by atoms with van der Waals surface area (Å²) in [5, 5.41) is 6.08. The van der Waals surface area contributed by atoms with Crippen molar-refractivity contribution >= 4 is 5.91 Å². The molecular weight excluding hydrogens is 240 g/mol. The molecule has 19 heavy (non-hydrogen) atoms. The largest absolute Gasteiger partial charge is 0.481 e. The van der Waals surface area contributed by atoms with E-state index in [1.54, 1.807) is 0 Å². The third-order valence-electron chi connectivity index (χ3n) is 3.55. The van der Waals surface area contributed by atoms with Crippen molar-refractivity contribution in [2.45, 2.75) is 38.3 Å². The molecule has 4 nitrogen and oxygen atoms in total. The van der Waals surface area contributed by atoms with Gasteiger partial charge in [0.25, 0.3) is 5.91 Å². The zero-order valence-electron chi connectivity index (χ0n) is 11.6. The number of carbonyl (C=O) groups excluding carboxylic acids is 1. The van der Waals surface area contributed by atoms with Gasteiger partial charge in [0.1, 0.15) is 5.75 Å². The van der Waals surface area contributed by atoms with E-state index in [1.807, 2.05) is 25.2 Å². The summed E-state index contributed by atoms with van der Waals surface area (Å²) in [6, 6.07) is 8.20. The van der Waals surface area contributed by atoms with Crippen LogP contribution < -0.4 is 15.4 Å². The van der Waals surface area contributed by atoms with Gasteiger partial charge in [-0.2, -0.15) is 0 Å². The predicted molar refractivity (Wildman–Crippen MR) is 75.2 cm³/mol. The highest BCUT2D eigenvalue weighted by molar-refractivity contribution is 5.81. The molecule has 0 saturated carbocycles. The molecule has 1 aliphatic rings. The molecule has 1 aromatic rings. The third kappa shape index (κ3) is 3.70. The molecule has 1 fully saturated rings. The van der Waals surface area contributed by atoms with Crippen LogP contribution in [0.25, 0.3) is 0 Å². The summed E-state index contributed by atoms with van der Waals surface area (Å²) < 4.78 is 5.84. The van der Waals surface area contributed by atoms with E-state index in [9.17, 15) is 4.79 Å². The molecule has 2 atom stereocenters. The van der Waals surface area contributed by atoms with Gasteiger partial charge in [-0.05, 0) is 50.9 Å². The van der Waals surface area contributed by atoms with Crippen molar-refractivity contribution < 1.29 is 9.53 Å². The Morgan fingerprint density at radius 3 is 3.05 bits per heavy atom. The highest BCUT2D eigenvalue weighted by Crippen LogP contribution is 2.21. The maximum atomic E-state index is 11.8. The molecule has 1 saturated heterocycles. The van der Waals surface area contributed by atoms with Crippen molar-refractivity contribution in [1.82, 2.24) is 10.6 Å². The van der Waals surface area contributed by atoms with E-state index >= 15 is 0 Å². The SMILES string of the molecule is CNC(C)c1cccc(OC2CCCCNC2=O)c1. The van der Waals surface area contributed by atoms with Crippen LogP contribution in [0.15, 0.2) is 24.3 Å². The van der Waals surface area contributed by atoms with Gasteiger partial charge >= 0.3 is 0 Å². The van der Waals surface area contributed by atoms with Crippen LogP contribution >= 0.6 is 0 Å². The first-order chi connectivity index (χ1) is 9.20. The lowest BCUT2D eigenvalue weighted by Crippen LogP contribution is -2.36. The fourth-order valence-electron chi connectivity index (χ4n) is 2.21. The number of ether oxygens (including phenoxy) is 1. The molecule has 0 bridgehead atoms. The van der Waals surface area contributed by atoms with E-state index in [1.165, 1.54) is 0 Å². The lowest BCUT2D eigenvalue weighted by atomic mass is 10.1. The summed E-state index contributed by atoms with van der Waals surface area (Å²) in [6.45, 7) is 2.85. The molecule has 2 rings (SSSR count). The van der Waals surface area contributed by atoms with Crippen LogP contribution in [-0.2, 0) is 4.79 Å². The van der Waals surface area contributed by atoms with Gasteiger partial charge in [-0.25, -0.2) is 0 Å². The molecule has 0 spiro atoms. The predicted octanol–water partition coefficient (Wildman–Crippen LogP) is 2.01. The van der Waals surface area contributed by atoms with Gasteiger partial charge in [0.2, 0.25) is 0 Å². The Hall–Kier alpha value is -1.55. The minimum absolute atomic E-state index is 0.00423. The van der Waals surface area contributed by atoms with Crippen LogP contribution in [0.1, 0.15) is 37.8 Å². The topological polar surface area (TPSA) is 50.4 Å². The van der Waals surface area contributed by atoms with Crippen molar-refractivity contribution in [3.8, 4) is 5.75 Å². The van der Waals surface area contributed by atoms with Gasteiger partial charge < -0.3 is 15.4 Å². The van der Waals surface area contributed by atoms with Crippen molar-refractivity contribution in [1.29, 1.82) is 0 Å². The highest BCUT2D eigenvalue weighted by atomic mass is 16.5. The van der Waals surface area contributed by atoms with Crippen molar-refractivity contribution in [2.24, 2.45) is 0 Å². The summed E-state index contributed by atoms with van der Waals surface area (Å²) in [6.07, 6.45) is 2.48. The van der Waals surface area contributed by atoms with Crippen LogP contribution in [0, 0.1) is 0 Å². The first-order valence-electron chi connectivity index (χ1n) is 6.92. The number of hydrogen-bond acceptors (Lipinski definition) is 3. The maximum Gasteiger partial charge on any atom is 0.261 e. The monoisotopic (exact) mass is 262 g/mol. The Morgan fingerprint density at radius 2 is 2.26 bits per heavy atom. The van der Waals surface area contributed by atoms with E-state index in [4.69, 9.17) is 4.74 Å². The Bertz CT molecular complexity index is 434. The standard InChI is InChI=1S/C15H22N2O2/c1-11(16-2)12-6-5-7-13(10-12)19-14-8-3-4-9-17-15(14)18/h5-7,10-11,14,16H,3-4,8-9H2,1-2H3,(H,17,18). The van der Waals surface area contributed by atoms with Crippen LogP contribution in [0.4, 0.5) is 0 Å². The minimum atomic E-state index is -0.359. The Kier molecular flexibility index (Phi) is 4.80. The average Bonchev–Trinajstić information content (AvgIpc) is 2.64. The third-order valence-corrected chi connectivity index (χ3v) is 3.55. The van der Waals surface area contributed by atoms with Gasteiger partial charge in [0.05, 0.1) is 0 Å². The number of benzene rings is 1. The average molecular weight is 262 g/mol. The quantitative estimate of drug-likeness (QED) is 0.872. The molecule has 0 radical (unpaired) electrons. The first kappa shape index (κ1) is 13.9. The van der Waals surface area contributed by atoms with Gasteiger partial charge in [0.15, 0.2) is 6.10 Å². The fraction of sp³-hybridized carbons (Fsp3) is 0.533. The molecule has 0 aromatic heterocycles. The van der Waals surface area contributed by atoms with Crippen LogP contribution in [-0.4, -0.2) is 25.6 Å². The fourth-order valence-corrected chi connectivity index (χ4v) is 2.21. The zero-order chi connectivity index (χ0) is 13.7. The van der Waals surface area contributed by atoms with E-state index in [-0.39, 0.29) is 18.1 Å². The molecule has 0 aliphatic carbocycles. The van der Waals surface area contributed by atoms with Gasteiger partial charge in [0, 0.05) is 12.6 Å². The molecule has 1 aromatic carbocycles. The van der Waals surface area contributed by atoms with E-state index in [0.717, 1.165) is 37.1 Å². The lowest BCUT2D eigenvalue weighted by Gasteiger charge is -2.17. The Morgan fingerprint density at radius 1 is 1.42 bits per heavy atom. The van der Waals surface area contributed by atoms with Crippen LogP contribution in [0.3, 0.4) is 0 Å². The summed E-state index contributed by atoms with van der Waals surface area (Å²) in [5.41, 5.74) is 1.16. The molecule has 1 amide bonds. The van der Waals surface area contributed by atoms with Crippen molar-refractivity contribution in [2.75, 3.05) is 13.6 Å². The van der Waals surface area contributed by atoms with Gasteiger partial charge in [-0.1, -0.05) is 12.1 Å². The zero-order valence-corrected chi connectivity index (χ0v) is 11.6. The molecule has 2 unspecified atom stereocenters. The van der Waals surface area contributed by atoms with Crippen molar-refractivity contribution in [3.63, 3.8) is 0 Å². The van der Waals surface area contributed by atoms with Crippen LogP contribution in [0.2, 0.25) is 0 Å². The lowest BCUT2D eigenvalue weighted by molar-refractivity contribution is -0.127. The molecular formula is C15H22N2O2. The van der Waals surface area contributed by atoms with E-state index < -0.39 is 0 Å². The number of hydrogen-bond donors (Lipinski definition) is 2. The van der Waals surface area contributed by atoms with E-state index in [0.29, 0.717) is 0 Å². The Labute approximate surface area is 114 Å². The number of amides is 1. The summed E-state index contributed by atoms with van der Waals surface area (Å²) in [5.74, 6) is 0.770. The normalized spacial score (nSPS) is 21.4. The molecule has 2 N–H and O–H groups in total. The van der Waals surface area contributed by atoms with Crippen LogP contribution in [0.5, 0.6) is 5.75 Å². The molecule has 104 valence electrons. The second kappa shape index (κ2) is 6.57. The number of rotatable bonds is 4. The number of nitrogens with one attached hydrogen (secondary N) is 2. The molecule has 1 aliphatic heterocycles. The van der Waals surface area contributed by atoms with Crippen molar-refractivity contribution in [3.05, 3.63) is 29.8 Å². The first-order valence-corrected chi connectivity index (χ1v) is 6.92. The summed E-state index contributed by atoms with van der Waals surface area (Å²) in [4.78, 5) is 11.8. The number of carbonyl (C=O) groups is 1. The van der Waals surface area contributed by atoms with Gasteiger partial charge in [-0.15, -0.1) is 0 Å². The molecule has 4 heteroatoms. The maximum absolute atomic E-state index is 11.8. The Balaban J connectivity index is 2.07. The van der Waals surface area contributed by atoms with Gasteiger partial charge in [-0.3, -0.25) is 4.79 Å². The highest BCUT2D eigenvalue weighted by Gasteiger charge is 2.22. The summed E-state index contributed by atoms with van der Waals surface area (Å²) in [7, 11) is 1.93.